The third-order valence-electron chi connectivity index (χ3n) is 13.9. The quantitative estimate of drug-likeness (QED) is 0.0680. The number of aryl methyl sites for hydroxylation is 2. The third kappa shape index (κ3) is 13.1. The Bertz CT molecular complexity index is 3560. The lowest BCUT2D eigenvalue weighted by Gasteiger charge is -2.28. The SMILES string of the molecule is Cc1cc(Nc2ncc(Cl)c(Nc3ccccc3S(=O)(=O)C(C)C)n2)c2c(c1C1CCN(C(=O)OC(C)(C)C)C1)OCCO2.Cc1cc(Nc2ncc(Cl)c(Nc3ccccc3S(=O)(=O)C(C)C)n2)c2c(c1C1CCNC1)OCCO2. The molecule has 0 aliphatic carbocycles. The second-order valence-electron chi connectivity index (χ2n) is 21.6. The van der Waals surface area contributed by atoms with E-state index in [2.05, 4.69) is 53.4 Å². The van der Waals surface area contributed by atoms with Crippen molar-refractivity contribution in [2.24, 2.45) is 0 Å². The Kier molecular flexibility index (Phi) is 17.6. The average molecular weight is 1190 g/mol. The smallest absolute Gasteiger partial charge is 0.410 e. The van der Waals surface area contributed by atoms with Crippen molar-refractivity contribution in [3.05, 3.63) is 105 Å². The van der Waals surface area contributed by atoms with E-state index >= 15 is 0 Å². The van der Waals surface area contributed by atoms with Gasteiger partial charge >= 0.3 is 6.09 Å². The van der Waals surface area contributed by atoms with Gasteiger partial charge in [0.25, 0.3) is 0 Å². The van der Waals surface area contributed by atoms with Crippen LogP contribution in [0.25, 0.3) is 0 Å². The van der Waals surface area contributed by atoms with Crippen LogP contribution < -0.4 is 45.5 Å². The monoisotopic (exact) mass is 1190 g/mol. The summed E-state index contributed by atoms with van der Waals surface area (Å²) in [4.78, 5) is 32.6. The molecule has 2 aromatic heterocycles. The normalized spacial score (nSPS) is 16.9. The van der Waals surface area contributed by atoms with Gasteiger partial charge < -0.3 is 55.2 Å². The highest BCUT2D eigenvalue weighted by molar-refractivity contribution is 7.92. The van der Waals surface area contributed by atoms with Crippen molar-refractivity contribution >= 4 is 95.3 Å². The minimum atomic E-state index is -3.57. The molecule has 2 fully saturated rings. The van der Waals surface area contributed by atoms with Crippen molar-refractivity contribution in [2.75, 3.05) is 73.9 Å². The van der Waals surface area contributed by atoms with Gasteiger partial charge in [0.2, 0.25) is 11.9 Å². The number of sulfone groups is 2. The lowest BCUT2D eigenvalue weighted by Crippen LogP contribution is -2.35. The molecular weight excluding hydrogens is 1120 g/mol. The molecule has 432 valence electrons. The number of carbonyl (C=O) groups excluding carboxylic acids is 1. The highest BCUT2D eigenvalue weighted by Crippen LogP contribution is 2.49. The zero-order valence-electron chi connectivity index (χ0n) is 46.7. The predicted octanol–water partition coefficient (Wildman–Crippen LogP) is 11.6. The molecule has 0 radical (unpaired) electrons. The minimum absolute atomic E-state index is 0.0526. The van der Waals surface area contributed by atoms with E-state index in [1.165, 1.54) is 18.0 Å². The van der Waals surface area contributed by atoms with Crippen LogP contribution in [-0.4, -0.2) is 116 Å². The van der Waals surface area contributed by atoms with Gasteiger partial charge in [-0.1, -0.05) is 47.5 Å². The highest BCUT2D eigenvalue weighted by atomic mass is 35.5. The lowest BCUT2D eigenvalue weighted by atomic mass is 9.91. The summed E-state index contributed by atoms with van der Waals surface area (Å²) in [6, 6.07) is 17.3. The van der Waals surface area contributed by atoms with Crippen LogP contribution in [0.1, 0.15) is 95.4 Å². The summed E-state index contributed by atoms with van der Waals surface area (Å²) >= 11 is 12.8. The van der Waals surface area contributed by atoms with Crippen LogP contribution in [0.5, 0.6) is 23.0 Å². The van der Waals surface area contributed by atoms with Crippen molar-refractivity contribution < 1.29 is 45.3 Å². The summed E-state index contributed by atoms with van der Waals surface area (Å²) in [5.74, 6) is 4.02. The number of hydrogen-bond donors (Lipinski definition) is 5. The largest absolute Gasteiger partial charge is 0.486 e. The second-order valence-corrected chi connectivity index (χ2v) is 27.3. The van der Waals surface area contributed by atoms with Gasteiger partial charge in [0.1, 0.15) is 42.1 Å². The van der Waals surface area contributed by atoms with Crippen LogP contribution in [0, 0.1) is 13.8 Å². The number of nitrogens with zero attached hydrogens (tertiary/aromatic N) is 5. The first kappa shape index (κ1) is 58.8. The summed E-state index contributed by atoms with van der Waals surface area (Å²) in [5.41, 5.74) is 5.72. The molecule has 0 spiro atoms. The van der Waals surface area contributed by atoms with Crippen LogP contribution in [0.4, 0.5) is 51.1 Å². The predicted molar refractivity (Wildman–Crippen MR) is 314 cm³/mol. The number of likely N-dealkylation sites (tertiary alicyclic amines) is 1. The van der Waals surface area contributed by atoms with Crippen LogP contribution in [-0.2, 0) is 24.4 Å². The number of benzene rings is 4. The number of ether oxygens (including phenoxy) is 5. The van der Waals surface area contributed by atoms with E-state index in [0.717, 1.165) is 48.4 Å². The fourth-order valence-electron chi connectivity index (χ4n) is 9.97. The topological polar surface area (TPSA) is 246 Å². The molecule has 4 aliphatic rings. The lowest BCUT2D eigenvalue weighted by molar-refractivity contribution is 0.0292. The number of amides is 1. The average Bonchev–Trinajstić information content (AvgIpc) is 4.16. The molecule has 81 heavy (non-hydrogen) atoms. The number of aromatic nitrogens is 4. The van der Waals surface area contributed by atoms with Gasteiger partial charge in [0.05, 0.1) is 55.4 Å². The molecule has 6 heterocycles. The Balaban J connectivity index is 0.000000198. The molecule has 0 saturated carbocycles. The van der Waals surface area contributed by atoms with Crippen LogP contribution >= 0.6 is 23.2 Å². The van der Waals surface area contributed by atoms with E-state index in [0.29, 0.717) is 85.4 Å². The summed E-state index contributed by atoms with van der Waals surface area (Å²) < 4.78 is 81.6. The summed E-state index contributed by atoms with van der Waals surface area (Å²) in [6.45, 7) is 20.9. The van der Waals surface area contributed by atoms with E-state index in [9.17, 15) is 21.6 Å². The van der Waals surface area contributed by atoms with Crippen LogP contribution in [0.2, 0.25) is 10.0 Å². The molecule has 20 nitrogen and oxygen atoms in total. The van der Waals surface area contributed by atoms with Crippen molar-refractivity contribution in [3.8, 4) is 23.0 Å². The number of halogens is 2. The molecule has 2 unspecified atom stereocenters. The van der Waals surface area contributed by atoms with E-state index in [4.69, 9.17) is 46.9 Å². The first-order valence-corrected chi connectivity index (χ1v) is 30.7. The molecule has 4 aliphatic heterocycles. The maximum absolute atomic E-state index is 13.0. The van der Waals surface area contributed by atoms with E-state index in [-0.39, 0.29) is 55.4 Å². The Morgan fingerprint density at radius 3 is 1.53 bits per heavy atom. The molecule has 1 amide bonds. The van der Waals surface area contributed by atoms with Gasteiger partial charge in [-0.05, 0) is 129 Å². The minimum Gasteiger partial charge on any atom is -0.486 e. The fourth-order valence-corrected chi connectivity index (χ4v) is 12.7. The molecule has 4 aromatic carbocycles. The second kappa shape index (κ2) is 24.3. The zero-order valence-corrected chi connectivity index (χ0v) is 49.8. The maximum Gasteiger partial charge on any atom is 0.410 e. The Labute approximate surface area is 483 Å². The highest BCUT2D eigenvalue weighted by Gasteiger charge is 2.36. The fraction of sp³-hybridized carbons (Fsp3) is 0.421. The molecule has 6 aromatic rings. The van der Waals surface area contributed by atoms with Crippen molar-refractivity contribution in [1.29, 1.82) is 0 Å². The maximum atomic E-state index is 13.0. The number of anilines is 8. The first-order chi connectivity index (χ1) is 38.5. The van der Waals surface area contributed by atoms with Gasteiger partial charge in [-0.25, -0.2) is 31.6 Å². The van der Waals surface area contributed by atoms with Crippen molar-refractivity contribution in [1.82, 2.24) is 30.2 Å². The van der Waals surface area contributed by atoms with Crippen molar-refractivity contribution in [2.45, 2.75) is 113 Å². The van der Waals surface area contributed by atoms with Gasteiger partial charge in [0.15, 0.2) is 54.3 Å². The van der Waals surface area contributed by atoms with E-state index < -0.39 is 35.8 Å². The van der Waals surface area contributed by atoms with Gasteiger partial charge in [-0.2, -0.15) is 9.97 Å². The number of hydrogen-bond acceptors (Lipinski definition) is 19. The number of para-hydroxylation sites is 2. The molecule has 5 N–H and O–H groups in total. The Hall–Kier alpha value is -6.85. The van der Waals surface area contributed by atoms with Crippen LogP contribution in [0.15, 0.2) is 82.8 Å². The molecule has 0 bridgehead atoms. The Morgan fingerprint density at radius 2 is 1.10 bits per heavy atom. The molecule has 24 heteroatoms. The number of fused-ring (bicyclic) bond motifs is 2. The van der Waals surface area contributed by atoms with Gasteiger partial charge in [-0.3, -0.25) is 0 Å². The summed E-state index contributed by atoms with van der Waals surface area (Å²) in [7, 11) is -7.09. The first-order valence-electron chi connectivity index (χ1n) is 26.8. The van der Waals surface area contributed by atoms with E-state index in [1.54, 1.807) is 81.1 Å². The number of rotatable bonds is 14. The zero-order chi connectivity index (χ0) is 58.0. The van der Waals surface area contributed by atoms with Crippen LogP contribution in [0.3, 0.4) is 0 Å². The molecule has 10 rings (SSSR count). The molecule has 2 atom stereocenters. The standard InChI is InChI=1S/C31H38ClN5O6S.C26H30ClN5O4S/c1-18(2)44(39,40)24-10-8-7-9-22(24)34-28-21(32)16-33-29(36-28)35-23-15-19(3)25(27-26(23)41-13-14-42-27)20-11-12-37(17-20)30(38)43-31(4,5)6;1-15(2)37(33,34)21-7-5-4-6-19(21)30-25-18(27)14-29-26(32-25)31-20-12-16(3)22(17-8-9-28-13-17)24-23(20)35-10-11-36-24/h7-10,15-16,18,20H,11-14,17H2,1-6H3,(H2,33,34,35,36);4-7,12,14-15,17,28H,8-11,13H2,1-3H3,(H2,29,30,31,32). The molecule has 2 saturated heterocycles. The Morgan fingerprint density at radius 1 is 0.654 bits per heavy atom. The van der Waals surface area contributed by atoms with E-state index in [1.807, 2.05) is 39.8 Å². The van der Waals surface area contributed by atoms with Crippen molar-refractivity contribution in [3.63, 3.8) is 0 Å². The van der Waals surface area contributed by atoms with Gasteiger partial charge in [0, 0.05) is 42.6 Å². The summed E-state index contributed by atoms with van der Waals surface area (Å²) in [6.07, 6.45) is 4.40. The number of carbonyl (C=O) groups is 1. The van der Waals surface area contributed by atoms with Gasteiger partial charge in [-0.15, -0.1) is 0 Å². The number of nitrogens with one attached hydrogen (secondary N) is 5. The summed E-state index contributed by atoms with van der Waals surface area (Å²) in [5, 5.41) is 15.3. The third-order valence-corrected chi connectivity index (χ3v) is 18.9. The molecular formula is C57H68Cl2N10O10S2.